The van der Waals surface area contributed by atoms with Crippen LogP contribution in [-0.2, 0) is 30.8 Å². The number of methoxy groups -OCH3 is 1. The Bertz CT molecular complexity index is 1140. The lowest BCUT2D eigenvalue weighted by atomic mass is 9.97. The van der Waals surface area contributed by atoms with Crippen LogP contribution in [0.4, 0.5) is 5.69 Å². The molecule has 3 rings (SSSR count). The number of piperidine rings is 1. The van der Waals surface area contributed by atoms with E-state index in [9.17, 15) is 18.0 Å². The summed E-state index contributed by atoms with van der Waals surface area (Å²) in [6.45, 7) is 6.31. The molecule has 1 heterocycles. The molecule has 0 bridgehead atoms. The van der Waals surface area contributed by atoms with Crippen molar-refractivity contribution >= 4 is 27.6 Å². The highest BCUT2D eigenvalue weighted by Crippen LogP contribution is 2.31. The number of hydrogen-bond donors (Lipinski definition) is 0. The largest absolute Gasteiger partial charge is 0.495 e. The molecule has 9 heteroatoms. The first-order valence-electron chi connectivity index (χ1n) is 11.9. The van der Waals surface area contributed by atoms with Gasteiger partial charge in [0.25, 0.3) is 10.0 Å². The number of carbonyl (C=O) groups excluding carboxylic acids is 2. The summed E-state index contributed by atoms with van der Waals surface area (Å²) in [5.74, 6) is -0.584. The van der Waals surface area contributed by atoms with Gasteiger partial charge in [-0.1, -0.05) is 25.1 Å². The van der Waals surface area contributed by atoms with Crippen LogP contribution >= 0.6 is 0 Å². The van der Waals surface area contributed by atoms with Gasteiger partial charge in [0.15, 0.2) is 0 Å². The number of hydrogen-bond acceptors (Lipinski definition) is 6. The van der Waals surface area contributed by atoms with E-state index in [4.69, 9.17) is 9.47 Å². The van der Waals surface area contributed by atoms with Crippen LogP contribution < -0.4 is 9.04 Å². The van der Waals surface area contributed by atoms with E-state index in [1.165, 1.54) is 7.11 Å². The molecule has 1 amide bonds. The Labute approximate surface area is 207 Å². The minimum atomic E-state index is -4.12. The number of likely N-dealkylation sites (tertiary alicyclic amines) is 1. The fourth-order valence-electron chi connectivity index (χ4n) is 4.16. The fraction of sp³-hybridized carbons (Fsp3) is 0.462. The molecule has 0 saturated carbocycles. The van der Waals surface area contributed by atoms with E-state index in [1.54, 1.807) is 49.1 Å². The molecule has 190 valence electrons. The number of anilines is 1. The van der Waals surface area contributed by atoms with Crippen molar-refractivity contribution in [3.8, 4) is 5.75 Å². The third kappa shape index (κ3) is 6.14. The number of carbonyl (C=O) groups is 2. The average molecular weight is 503 g/mol. The average Bonchev–Trinajstić information content (AvgIpc) is 2.87. The van der Waals surface area contributed by atoms with Crippen LogP contribution in [0.15, 0.2) is 47.4 Å². The van der Waals surface area contributed by atoms with Crippen molar-refractivity contribution < 1.29 is 27.5 Å². The number of ether oxygens (including phenoxy) is 2. The van der Waals surface area contributed by atoms with E-state index < -0.39 is 10.0 Å². The van der Waals surface area contributed by atoms with Crippen LogP contribution in [0.3, 0.4) is 0 Å². The predicted molar refractivity (Wildman–Crippen MR) is 134 cm³/mol. The summed E-state index contributed by atoms with van der Waals surface area (Å²) in [6.07, 6.45) is 1.80. The van der Waals surface area contributed by atoms with Crippen LogP contribution in [0.2, 0.25) is 0 Å². The SMILES string of the molecule is CCOC(=O)C1CCN(C(=O)CN(c2ccc(CC)cc2)S(=O)(=O)c2cc(C)ccc2OC)CC1. The molecule has 0 radical (unpaired) electrons. The van der Waals surface area contributed by atoms with Gasteiger partial charge in [-0.15, -0.1) is 0 Å². The summed E-state index contributed by atoms with van der Waals surface area (Å²) in [4.78, 5) is 26.9. The Morgan fingerprint density at radius 3 is 2.29 bits per heavy atom. The van der Waals surface area contributed by atoms with E-state index in [0.717, 1.165) is 21.9 Å². The topological polar surface area (TPSA) is 93.2 Å². The van der Waals surface area contributed by atoms with E-state index in [1.807, 2.05) is 19.1 Å². The van der Waals surface area contributed by atoms with Crippen molar-refractivity contribution in [3.63, 3.8) is 0 Å². The second-order valence-electron chi connectivity index (χ2n) is 8.59. The monoisotopic (exact) mass is 502 g/mol. The van der Waals surface area contributed by atoms with Gasteiger partial charge in [0, 0.05) is 13.1 Å². The highest BCUT2D eigenvalue weighted by Gasteiger charge is 2.33. The van der Waals surface area contributed by atoms with E-state index in [0.29, 0.717) is 38.2 Å². The smallest absolute Gasteiger partial charge is 0.309 e. The van der Waals surface area contributed by atoms with Crippen molar-refractivity contribution in [2.45, 2.75) is 44.9 Å². The number of sulfonamides is 1. The van der Waals surface area contributed by atoms with Crippen LogP contribution in [0.1, 0.15) is 37.8 Å². The molecule has 0 spiro atoms. The number of aryl methyl sites for hydroxylation is 2. The van der Waals surface area contributed by atoms with E-state index in [2.05, 4.69) is 0 Å². The molecule has 8 nitrogen and oxygen atoms in total. The highest BCUT2D eigenvalue weighted by molar-refractivity contribution is 7.93. The molecule has 0 N–H and O–H groups in total. The number of amides is 1. The zero-order valence-electron chi connectivity index (χ0n) is 20.8. The molecule has 0 aromatic heterocycles. The van der Waals surface area contributed by atoms with E-state index in [-0.39, 0.29) is 35.0 Å². The van der Waals surface area contributed by atoms with Crippen molar-refractivity contribution in [2.24, 2.45) is 5.92 Å². The Balaban J connectivity index is 1.89. The molecule has 2 aromatic rings. The summed E-state index contributed by atoms with van der Waals surface area (Å²) in [5.41, 5.74) is 2.23. The van der Waals surface area contributed by atoms with Gasteiger partial charge in [-0.3, -0.25) is 13.9 Å². The van der Waals surface area contributed by atoms with Gasteiger partial charge >= 0.3 is 5.97 Å². The molecule has 1 saturated heterocycles. The molecule has 1 aliphatic rings. The summed E-state index contributed by atoms with van der Waals surface area (Å²) in [6, 6.07) is 12.1. The zero-order valence-corrected chi connectivity index (χ0v) is 21.6. The molecule has 0 unspecified atom stereocenters. The summed E-state index contributed by atoms with van der Waals surface area (Å²) >= 11 is 0. The summed E-state index contributed by atoms with van der Waals surface area (Å²) in [7, 11) is -2.70. The van der Waals surface area contributed by atoms with Gasteiger partial charge < -0.3 is 14.4 Å². The van der Waals surface area contributed by atoms with Crippen LogP contribution in [-0.4, -0.2) is 58.5 Å². The van der Waals surface area contributed by atoms with Gasteiger partial charge in [-0.25, -0.2) is 8.42 Å². The molecule has 1 aliphatic heterocycles. The number of esters is 1. The Kier molecular flexibility index (Phi) is 8.77. The normalized spacial score (nSPS) is 14.5. The van der Waals surface area contributed by atoms with Crippen LogP contribution in [0.25, 0.3) is 0 Å². The number of rotatable bonds is 9. The maximum absolute atomic E-state index is 13.9. The molecule has 2 aromatic carbocycles. The third-order valence-electron chi connectivity index (χ3n) is 6.27. The minimum Gasteiger partial charge on any atom is -0.495 e. The lowest BCUT2D eigenvalue weighted by Crippen LogP contribution is -2.46. The minimum absolute atomic E-state index is 0.00777. The maximum Gasteiger partial charge on any atom is 0.309 e. The summed E-state index contributed by atoms with van der Waals surface area (Å²) < 4.78 is 39.3. The second kappa shape index (κ2) is 11.6. The lowest BCUT2D eigenvalue weighted by molar-refractivity contribution is -0.151. The third-order valence-corrected chi connectivity index (χ3v) is 8.06. The first-order chi connectivity index (χ1) is 16.7. The zero-order chi connectivity index (χ0) is 25.6. The van der Waals surface area contributed by atoms with Gasteiger partial charge in [0.05, 0.1) is 25.3 Å². The Morgan fingerprint density at radius 1 is 1.06 bits per heavy atom. The van der Waals surface area contributed by atoms with Crippen molar-refractivity contribution in [1.82, 2.24) is 4.90 Å². The predicted octanol–water partition coefficient (Wildman–Crippen LogP) is 3.56. The summed E-state index contributed by atoms with van der Waals surface area (Å²) in [5, 5.41) is 0. The quantitative estimate of drug-likeness (QED) is 0.487. The first kappa shape index (κ1) is 26.5. The second-order valence-corrected chi connectivity index (χ2v) is 10.4. The van der Waals surface area contributed by atoms with Crippen molar-refractivity contribution in [2.75, 3.05) is 37.7 Å². The van der Waals surface area contributed by atoms with E-state index >= 15 is 0 Å². The van der Waals surface area contributed by atoms with Crippen LogP contribution in [0.5, 0.6) is 5.75 Å². The molecule has 1 fully saturated rings. The van der Waals surface area contributed by atoms with Gasteiger partial charge in [0.2, 0.25) is 5.91 Å². The van der Waals surface area contributed by atoms with Crippen molar-refractivity contribution in [1.29, 1.82) is 0 Å². The molecule has 0 atom stereocenters. The number of nitrogens with zero attached hydrogens (tertiary/aromatic N) is 2. The standard InChI is InChI=1S/C26H34N2O6S/c1-5-20-8-10-22(11-9-20)28(35(31,32)24-17-19(3)7-12-23(24)33-4)18-25(29)27-15-13-21(14-16-27)26(30)34-6-2/h7-12,17,21H,5-6,13-16,18H2,1-4H3. The van der Waals surface area contributed by atoms with Crippen molar-refractivity contribution in [3.05, 3.63) is 53.6 Å². The fourth-order valence-corrected chi connectivity index (χ4v) is 5.82. The van der Waals surface area contributed by atoms with Gasteiger partial charge in [-0.2, -0.15) is 0 Å². The van der Waals surface area contributed by atoms with Gasteiger partial charge in [0.1, 0.15) is 17.2 Å². The highest BCUT2D eigenvalue weighted by atomic mass is 32.2. The first-order valence-corrected chi connectivity index (χ1v) is 13.4. The van der Waals surface area contributed by atoms with Crippen LogP contribution in [0, 0.1) is 12.8 Å². The molecule has 0 aliphatic carbocycles. The Hall–Kier alpha value is -3.07. The van der Waals surface area contributed by atoms with Gasteiger partial charge in [-0.05, 0) is 68.5 Å². The molecular weight excluding hydrogens is 468 g/mol. The molecular formula is C26H34N2O6S. The Morgan fingerprint density at radius 2 is 1.71 bits per heavy atom. The molecule has 35 heavy (non-hydrogen) atoms. The lowest BCUT2D eigenvalue weighted by Gasteiger charge is -2.33. The number of benzene rings is 2. The maximum atomic E-state index is 13.9.